The first kappa shape index (κ1) is 11.4. The summed E-state index contributed by atoms with van der Waals surface area (Å²) in [4.78, 5) is 0. The van der Waals surface area contributed by atoms with Gasteiger partial charge in [0, 0.05) is 4.47 Å². The Morgan fingerprint density at radius 2 is 1.89 bits per heavy atom. The highest BCUT2D eigenvalue weighted by molar-refractivity contribution is 9.10. The molecule has 1 atom stereocenters. The van der Waals surface area contributed by atoms with Crippen LogP contribution in [0, 0.1) is 6.92 Å². The summed E-state index contributed by atoms with van der Waals surface area (Å²) in [6.45, 7) is 2.05. The molecule has 0 unspecified atom stereocenters. The number of benzene rings is 2. The van der Waals surface area contributed by atoms with Crippen molar-refractivity contribution in [3.63, 3.8) is 0 Å². The lowest BCUT2D eigenvalue weighted by molar-refractivity contribution is 0.264. The van der Waals surface area contributed by atoms with Crippen LogP contribution in [0.1, 0.15) is 5.56 Å². The van der Waals surface area contributed by atoms with Gasteiger partial charge in [-0.15, -0.1) is 0 Å². The van der Waals surface area contributed by atoms with Gasteiger partial charge in [0.2, 0.25) is 6.35 Å². The van der Waals surface area contributed by atoms with E-state index in [0.717, 1.165) is 21.6 Å². The first-order chi connectivity index (χ1) is 8.70. The second-order valence-corrected chi connectivity index (χ2v) is 5.21. The van der Waals surface area contributed by atoms with Gasteiger partial charge in [0.1, 0.15) is 5.75 Å². The molecule has 0 fully saturated rings. The normalized spacial score (nSPS) is 16.7. The monoisotopic (exact) mass is 304 g/mol. The SMILES string of the molecule is Cc1cccc(O[C@@H]2Nc3ccc(Br)cc3N2)c1. The quantitative estimate of drug-likeness (QED) is 0.881. The zero-order valence-corrected chi connectivity index (χ0v) is 11.5. The van der Waals surface area contributed by atoms with E-state index in [1.54, 1.807) is 0 Å². The average Bonchev–Trinajstić information content (AvgIpc) is 2.70. The maximum Gasteiger partial charge on any atom is 0.248 e. The molecule has 3 nitrogen and oxygen atoms in total. The Labute approximate surface area is 114 Å². The maximum atomic E-state index is 5.84. The largest absolute Gasteiger partial charge is 0.453 e. The van der Waals surface area contributed by atoms with Crippen molar-refractivity contribution in [1.29, 1.82) is 0 Å². The molecule has 0 aliphatic carbocycles. The molecule has 0 amide bonds. The number of anilines is 2. The van der Waals surface area contributed by atoms with E-state index < -0.39 is 0 Å². The van der Waals surface area contributed by atoms with E-state index in [2.05, 4.69) is 26.6 Å². The third-order valence-electron chi connectivity index (χ3n) is 2.80. The van der Waals surface area contributed by atoms with Gasteiger partial charge in [-0.2, -0.15) is 0 Å². The molecule has 1 aliphatic rings. The van der Waals surface area contributed by atoms with Crippen molar-refractivity contribution in [2.75, 3.05) is 10.6 Å². The Bertz CT molecular complexity index is 586. The molecule has 2 aromatic rings. The van der Waals surface area contributed by atoms with Crippen molar-refractivity contribution in [3.8, 4) is 5.75 Å². The lowest BCUT2D eigenvalue weighted by atomic mass is 10.2. The van der Waals surface area contributed by atoms with E-state index in [1.165, 1.54) is 5.56 Å². The zero-order chi connectivity index (χ0) is 12.5. The molecule has 3 rings (SSSR count). The number of hydrogen-bond donors (Lipinski definition) is 2. The molecule has 0 spiro atoms. The zero-order valence-electron chi connectivity index (χ0n) is 9.91. The van der Waals surface area contributed by atoms with E-state index in [9.17, 15) is 0 Å². The Kier molecular flexibility index (Phi) is 2.88. The van der Waals surface area contributed by atoms with Gasteiger partial charge < -0.3 is 15.4 Å². The minimum atomic E-state index is -0.226. The molecular weight excluding hydrogens is 292 g/mol. The van der Waals surface area contributed by atoms with Crippen LogP contribution < -0.4 is 15.4 Å². The Morgan fingerprint density at radius 1 is 1.06 bits per heavy atom. The predicted molar refractivity (Wildman–Crippen MR) is 77.0 cm³/mol. The van der Waals surface area contributed by atoms with Crippen LogP contribution in [0.5, 0.6) is 5.75 Å². The summed E-state index contributed by atoms with van der Waals surface area (Å²) in [5, 5.41) is 6.56. The summed E-state index contributed by atoms with van der Waals surface area (Å²) in [6, 6.07) is 14.1. The van der Waals surface area contributed by atoms with Crippen molar-refractivity contribution in [1.82, 2.24) is 0 Å². The molecule has 18 heavy (non-hydrogen) atoms. The van der Waals surface area contributed by atoms with Crippen molar-refractivity contribution in [2.45, 2.75) is 13.3 Å². The second kappa shape index (κ2) is 4.53. The average molecular weight is 305 g/mol. The summed E-state index contributed by atoms with van der Waals surface area (Å²) in [7, 11) is 0. The van der Waals surface area contributed by atoms with Crippen molar-refractivity contribution in [3.05, 3.63) is 52.5 Å². The van der Waals surface area contributed by atoms with Crippen molar-refractivity contribution >= 4 is 27.3 Å². The Hall–Kier alpha value is -1.68. The van der Waals surface area contributed by atoms with Crippen LogP contribution >= 0.6 is 15.9 Å². The first-order valence-electron chi connectivity index (χ1n) is 5.77. The molecule has 0 bridgehead atoms. The Morgan fingerprint density at radius 3 is 2.72 bits per heavy atom. The van der Waals surface area contributed by atoms with Crippen LogP contribution in [0.25, 0.3) is 0 Å². The number of fused-ring (bicyclic) bond motifs is 1. The van der Waals surface area contributed by atoms with Gasteiger partial charge in [-0.05, 0) is 42.8 Å². The van der Waals surface area contributed by atoms with Crippen LogP contribution in [-0.4, -0.2) is 6.35 Å². The highest BCUT2D eigenvalue weighted by atomic mass is 79.9. The van der Waals surface area contributed by atoms with Crippen LogP contribution in [0.15, 0.2) is 46.9 Å². The highest BCUT2D eigenvalue weighted by Gasteiger charge is 2.20. The minimum absolute atomic E-state index is 0.226. The molecule has 0 saturated carbocycles. The van der Waals surface area contributed by atoms with Crippen LogP contribution in [0.4, 0.5) is 11.4 Å². The van der Waals surface area contributed by atoms with Gasteiger partial charge in [-0.3, -0.25) is 0 Å². The third-order valence-corrected chi connectivity index (χ3v) is 3.29. The lowest BCUT2D eigenvalue weighted by Crippen LogP contribution is -2.28. The van der Waals surface area contributed by atoms with Gasteiger partial charge in [0.05, 0.1) is 11.4 Å². The van der Waals surface area contributed by atoms with Gasteiger partial charge >= 0.3 is 0 Å². The highest BCUT2D eigenvalue weighted by Crippen LogP contribution is 2.32. The van der Waals surface area contributed by atoms with Gasteiger partial charge in [0.25, 0.3) is 0 Å². The van der Waals surface area contributed by atoms with Gasteiger partial charge in [0.15, 0.2) is 0 Å². The van der Waals surface area contributed by atoms with E-state index in [1.807, 2.05) is 49.4 Å². The smallest absolute Gasteiger partial charge is 0.248 e. The summed E-state index contributed by atoms with van der Waals surface area (Å²) >= 11 is 3.45. The Balaban J connectivity index is 1.74. The molecule has 2 N–H and O–H groups in total. The molecule has 1 heterocycles. The standard InChI is InChI=1S/C14H13BrN2O/c1-9-3-2-4-11(7-9)18-14-16-12-6-5-10(15)8-13(12)17-14/h2-8,14,16-17H,1H3/t14-/m1/s1. The topological polar surface area (TPSA) is 33.3 Å². The van der Waals surface area contributed by atoms with Crippen LogP contribution in [-0.2, 0) is 0 Å². The molecule has 0 aromatic heterocycles. The number of ether oxygens (including phenoxy) is 1. The summed E-state index contributed by atoms with van der Waals surface area (Å²) in [5.74, 6) is 0.854. The van der Waals surface area contributed by atoms with E-state index in [0.29, 0.717) is 0 Å². The summed E-state index contributed by atoms with van der Waals surface area (Å²) in [5.41, 5.74) is 3.28. The van der Waals surface area contributed by atoms with Crippen LogP contribution in [0.3, 0.4) is 0 Å². The molecule has 2 aromatic carbocycles. The second-order valence-electron chi connectivity index (χ2n) is 4.29. The fourth-order valence-electron chi connectivity index (χ4n) is 1.96. The van der Waals surface area contributed by atoms with E-state index >= 15 is 0 Å². The molecule has 92 valence electrons. The lowest BCUT2D eigenvalue weighted by Gasteiger charge is -2.15. The van der Waals surface area contributed by atoms with E-state index in [4.69, 9.17) is 4.74 Å². The molecule has 0 saturated heterocycles. The third kappa shape index (κ3) is 2.29. The minimum Gasteiger partial charge on any atom is -0.453 e. The molecule has 4 heteroatoms. The fourth-order valence-corrected chi connectivity index (χ4v) is 2.33. The molecule has 0 radical (unpaired) electrons. The van der Waals surface area contributed by atoms with Gasteiger partial charge in [-0.25, -0.2) is 0 Å². The summed E-state index contributed by atoms with van der Waals surface area (Å²) < 4.78 is 6.89. The number of halogens is 1. The fraction of sp³-hybridized carbons (Fsp3) is 0.143. The van der Waals surface area contributed by atoms with Crippen molar-refractivity contribution < 1.29 is 4.74 Å². The van der Waals surface area contributed by atoms with Gasteiger partial charge in [-0.1, -0.05) is 28.1 Å². The number of nitrogens with one attached hydrogen (secondary N) is 2. The van der Waals surface area contributed by atoms with Crippen molar-refractivity contribution in [2.24, 2.45) is 0 Å². The first-order valence-corrected chi connectivity index (χ1v) is 6.56. The number of rotatable bonds is 2. The molecule has 1 aliphatic heterocycles. The summed E-state index contributed by atoms with van der Waals surface area (Å²) in [6.07, 6.45) is -0.226. The maximum absolute atomic E-state index is 5.84. The number of aryl methyl sites for hydroxylation is 1. The number of hydrogen-bond acceptors (Lipinski definition) is 3. The van der Waals surface area contributed by atoms with E-state index in [-0.39, 0.29) is 6.35 Å². The predicted octanol–water partition coefficient (Wildman–Crippen LogP) is 3.96. The van der Waals surface area contributed by atoms with Crippen LogP contribution in [0.2, 0.25) is 0 Å². The molecular formula is C14H13BrN2O.